The number of halogens is 1. The van der Waals surface area contributed by atoms with Crippen LogP contribution in [-0.2, 0) is 36.8 Å². The van der Waals surface area contributed by atoms with E-state index in [0.29, 0.717) is 39.0 Å². The third-order valence-corrected chi connectivity index (χ3v) is 7.15. The molecule has 0 unspecified atom stereocenters. The second-order valence-electron chi connectivity index (χ2n) is 11.0. The highest BCUT2D eigenvalue weighted by molar-refractivity contribution is 6.30. The average Bonchev–Trinajstić information content (AvgIpc) is 3.24. The van der Waals surface area contributed by atoms with Crippen molar-refractivity contribution in [2.24, 2.45) is 5.41 Å². The molecule has 1 aliphatic rings. The quantitative estimate of drug-likeness (QED) is 0.309. The number of ether oxygens (including phenoxy) is 4. The number of esters is 1. The second kappa shape index (κ2) is 12.9. The first-order chi connectivity index (χ1) is 20.3. The Morgan fingerprint density at radius 1 is 1.09 bits per heavy atom. The number of para-hydroxylation sites is 1. The number of rotatable bonds is 11. The number of carbonyl (C=O) groups excluding carboxylic acids is 2. The first-order valence-electron chi connectivity index (χ1n) is 13.4. The third kappa shape index (κ3) is 7.20. The van der Waals surface area contributed by atoms with Gasteiger partial charge in [-0.15, -0.1) is 0 Å². The molecule has 2 heterocycles. The maximum absolute atomic E-state index is 14.3. The van der Waals surface area contributed by atoms with E-state index >= 15 is 0 Å². The van der Waals surface area contributed by atoms with E-state index in [4.69, 9.17) is 35.7 Å². The number of aliphatic carboxylic acids is 1. The average molecular weight is 616 g/mol. The van der Waals surface area contributed by atoms with Gasteiger partial charge in [0.1, 0.15) is 18.8 Å². The molecule has 13 heteroatoms. The summed E-state index contributed by atoms with van der Waals surface area (Å²) < 4.78 is 24.1. The van der Waals surface area contributed by atoms with Gasteiger partial charge in [-0.25, -0.2) is 4.68 Å². The van der Waals surface area contributed by atoms with Gasteiger partial charge in [0.25, 0.3) is 11.5 Å². The number of hydrogen-bond acceptors (Lipinski definition) is 8. The molecule has 0 radical (unpaired) electrons. The van der Waals surface area contributed by atoms with Gasteiger partial charge >= 0.3 is 11.9 Å². The van der Waals surface area contributed by atoms with Gasteiger partial charge in [0, 0.05) is 58.9 Å². The van der Waals surface area contributed by atoms with E-state index < -0.39 is 47.6 Å². The molecule has 2 N–H and O–H groups in total. The first kappa shape index (κ1) is 31.6. The Bertz CT molecular complexity index is 1580. The second-order valence-corrected chi connectivity index (χ2v) is 11.4. The molecule has 3 aromatic rings. The van der Waals surface area contributed by atoms with E-state index in [1.54, 1.807) is 41.3 Å². The van der Waals surface area contributed by atoms with Crippen molar-refractivity contribution in [2.75, 3.05) is 32.3 Å². The van der Waals surface area contributed by atoms with Crippen LogP contribution in [-0.4, -0.2) is 66.2 Å². The van der Waals surface area contributed by atoms with Crippen molar-refractivity contribution in [2.45, 2.75) is 45.9 Å². The minimum absolute atomic E-state index is 0.0546. The molecule has 0 fully saturated rings. The summed E-state index contributed by atoms with van der Waals surface area (Å²) >= 11 is 6.48. The first-order valence-corrected chi connectivity index (χ1v) is 13.8. The number of amides is 1. The number of aromatic amines is 1. The van der Waals surface area contributed by atoms with Gasteiger partial charge in [-0.3, -0.25) is 24.3 Å². The third-order valence-electron chi connectivity index (χ3n) is 6.91. The number of benzene rings is 2. The number of H-pyrrole nitrogens is 1. The lowest BCUT2D eigenvalue weighted by Crippen LogP contribution is -2.46. The van der Waals surface area contributed by atoms with E-state index in [0.717, 1.165) is 4.68 Å². The number of carboxylic acids is 1. The molecule has 43 heavy (non-hydrogen) atoms. The summed E-state index contributed by atoms with van der Waals surface area (Å²) in [6.07, 6.45) is -2.10. The van der Waals surface area contributed by atoms with Gasteiger partial charge in [-0.2, -0.15) is 0 Å². The SMILES string of the molecule is COc1cccc([C@H]2O[C@H](Cc3cc(=O)n(CC(=O)O)[nH]3)C(=O)N(CC(C)(C)COC(C)=O)c3ccc(Cl)cc32)c1OC. The van der Waals surface area contributed by atoms with Crippen molar-refractivity contribution in [3.63, 3.8) is 0 Å². The Morgan fingerprint density at radius 3 is 2.49 bits per heavy atom. The Morgan fingerprint density at radius 2 is 1.84 bits per heavy atom. The molecule has 12 nitrogen and oxygen atoms in total. The number of nitrogens with one attached hydrogen (secondary N) is 1. The predicted octanol–water partition coefficient (Wildman–Crippen LogP) is 3.58. The molecule has 2 atom stereocenters. The fourth-order valence-electron chi connectivity index (χ4n) is 5.04. The maximum atomic E-state index is 14.3. The number of fused-ring (bicyclic) bond motifs is 1. The summed E-state index contributed by atoms with van der Waals surface area (Å²) in [5.41, 5.74) is 0.758. The van der Waals surface area contributed by atoms with Crippen LogP contribution in [0.25, 0.3) is 0 Å². The number of aromatic nitrogens is 2. The maximum Gasteiger partial charge on any atom is 0.325 e. The zero-order chi connectivity index (χ0) is 31.5. The summed E-state index contributed by atoms with van der Waals surface area (Å²) in [5.74, 6) is -1.21. The standard InChI is InChI=1S/C30H34ClN3O9/c1-17(35)42-16-30(2,3)15-33-22-10-9-18(31)11-21(22)27(20-7-6-8-23(40-4)28(20)41-5)43-24(29(33)39)12-19-13-25(36)34(32-19)14-26(37)38/h6-11,13,24,27,32H,12,14-16H2,1-5H3,(H,37,38)/t24-,27-/m1/s1. The van der Waals surface area contributed by atoms with Gasteiger partial charge in [-0.1, -0.05) is 37.6 Å². The van der Waals surface area contributed by atoms with Crippen LogP contribution in [0.2, 0.25) is 5.02 Å². The van der Waals surface area contributed by atoms with Crippen molar-refractivity contribution in [3.8, 4) is 11.5 Å². The fraction of sp³-hybridized carbons (Fsp3) is 0.400. The van der Waals surface area contributed by atoms with E-state index in [2.05, 4.69) is 5.10 Å². The lowest BCUT2D eigenvalue weighted by atomic mass is 9.92. The molecule has 230 valence electrons. The van der Waals surface area contributed by atoms with Crippen molar-refractivity contribution in [3.05, 3.63) is 74.7 Å². The van der Waals surface area contributed by atoms with Crippen molar-refractivity contribution in [1.82, 2.24) is 9.78 Å². The zero-order valence-corrected chi connectivity index (χ0v) is 25.3. The summed E-state index contributed by atoms with van der Waals surface area (Å²) in [4.78, 5) is 51.2. The van der Waals surface area contributed by atoms with Crippen LogP contribution in [0.5, 0.6) is 11.5 Å². The summed E-state index contributed by atoms with van der Waals surface area (Å²) in [5, 5.41) is 12.4. The molecule has 0 bridgehead atoms. The number of carboxylic acid groups (broad SMARTS) is 1. The predicted molar refractivity (Wildman–Crippen MR) is 157 cm³/mol. The molecule has 0 aliphatic carbocycles. The number of nitrogens with zero attached hydrogens (tertiary/aromatic N) is 2. The van der Waals surface area contributed by atoms with Gasteiger partial charge < -0.3 is 29.0 Å². The number of anilines is 1. The molecule has 1 aliphatic heterocycles. The molecule has 1 aromatic heterocycles. The van der Waals surface area contributed by atoms with Crippen molar-refractivity contribution in [1.29, 1.82) is 0 Å². The van der Waals surface area contributed by atoms with Gasteiger partial charge in [0.05, 0.1) is 20.8 Å². The van der Waals surface area contributed by atoms with E-state index in [-0.39, 0.29) is 19.6 Å². The summed E-state index contributed by atoms with van der Waals surface area (Å²) in [7, 11) is 3.01. The monoisotopic (exact) mass is 615 g/mol. The normalized spacial score (nSPS) is 16.8. The number of methoxy groups -OCH3 is 2. The zero-order valence-electron chi connectivity index (χ0n) is 24.5. The number of carbonyl (C=O) groups is 3. The van der Waals surface area contributed by atoms with Crippen LogP contribution >= 0.6 is 11.6 Å². The minimum Gasteiger partial charge on any atom is -0.493 e. The Kier molecular flexibility index (Phi) is 9.51. The van der Waals surface area contributed by atoms with Crippen LogP contribution in [0, 0.1) is 5.41 Å². The van der Waals surface area contributed by atoms with Crippen LogP contribution in [0.15, 0.2) is 47.3 Å². The Balaban J connectivity index is 1.87. The highest BCUT2D eigenvalue weighted by atomic mass is 35.5. The molecule has 0 spiro atoms. The van der Waals surface area contributed by atoms with Crippen LogP contribution < -0.4 is 19.9 Å². The lowest BCUT2D eigenvalue weighted by Gasteiger charge is -2.33. The molecular formula is C30H34ClN3O9. The number of hydrogen-bond donors (Lipinski definition) is 2. The highest BCUT2D eigenvalue weighted by Crippen LogP contribution is 2.45. The molecule has 2 aromatic carbocycles. The van der Waals surface area contributed by atoms with Crippen LogP contribution in [0.3, 0.4) is 0 Å². The topological polar surface area (TPSA) is 149 Å². The van der Waals surface area contributed by atoms with Crippen molar-refractivity contribution < 1.29 is 38.4 Å². The van der Waals surface area contributed by atoms with Gasteiger partial charge in [0.15, 0.2) is 11.5 Å². The van der Waals surface area contributed by atoms with Crippen molar-refractivity contribution >= 4 is 35.1 Å². The molecule has 0 saturated carbocycles. The molecule has 0 saturated heterocycles. The summed E-state index contributed by atoms with van der Waals surface area (Å²) in [6.45, 7) is 4.68. The highest BCUT2D eigenvalue weighted by Gasteiger charge is 2.40. The molecule has 4 rings (SSSR count). The van der Waals surface area contributed by atoms with E-state index in [9.17, 15) is 19.2 Å². The van der Waals surface area contributed by atoms with E-state index in [1.807, 2.05) is 13.8 Å². The smallest absolute Gasteiger partial charge is 0.325 e. The lowest BCUT2D eigenvalue weighted by molar-refractivity contribution is -0.144. The summed E-state index contributed by atoms with van der Waals surface area (Å²) in [6, 6.07) is 11.7. The van der Waals surface area contributed by atoms with Crippen LogP contribution in [0.4, 0.5) is 5.69 Å². The fourth-order valence-corrected chi connectivity index (χ4v) is 5.22. The van der Waals surface area contributed by atoms with Crippen LogP contribution in [0.1, 0.15) is 43.7 Å². The Labute approximate surface area is 253 Å². The van der Waals surface area contributed by atoms with E-state index in [1.165, 1.54) is 27.2 Å². The van der Waals surface area contributed by atoms with Gasteiger partial charge in [-0.05, 0) is 24.3 Å². The molecular weight excluding hydrogens is 582 g/mol. The molecule has 1 amide bonds. The van der Waals surface area contributed by atoms with Gasteiger partial charge in [0.2, 0.25) is 0 Å². The Hall–Kier alpha value is -4.29. The minimum atomic E-state index is -1.20. The largest absolute Gasteiger partial charge is 0.493 e.